The van der Waals surface area contributed by atoms with Gasteiger partial charge in [-0.1, -0.05) is 37.5 Å². The summed E-state index contributed by atoms with van der Waals surface area (Å²) in [6.45, 7) is 2.16. The third-order valence-electron chi connectivity index (χ3n) is 2.06. The molecule has 0 aromatic carbocycles. The van der Waals surface area contributed by atoms with Gasteiger partial charge in [0, 0.05) is 17.1 Å². The van der Waals surface area contributed by atoms with Crippen molar-refractivity contribution in [2.75, 3.05) is 0 Å². The molecule has 3 nitrogen and oxygen atoms in total. The second kappa shape index (κ2) is 5.19. The minimum atomic E-state index is -0.0130. The molecule has 1 aromatic rings. The molecule has 74 valence electrons. The lowest BCUT2D eigenvalue weighted by Crippen LogP contribution is -2.12. The van der Waals surface area contributed by atoms with E-state index in [4.69, 9.17) is 5.73 Å². The molecule has 0 fully saturated rings. The molecule has 0 bridgehead atoms. The summed E-state index contributed by atoms with van der Waals surface area (Å²) >= 11 is 1.18. The molecule has 0 radical (unpaired) electrons. The first-order valence-electron chi connectivity index (χ1n) is 4.67. The first kappa shape index (κ1) is 10.5. The molecule has 13 heavy (non-hydrogen) atoms. The van der Waals surface area contributed by atoms with Crippen molar-refractivity contribution in [3.63, 3.8) is 0 Å². The number of thiazole rings is 1. The number of aromatic amines is 1. The van der Waals surface area contributed by atoms with Gasteiger partial charge in [-0.05, 0) is 6.42 Å². The minimum Gasteiger partial charge on any atom is -0.323 e. The van der Waals surface area contributed by atoms with Gasteiger partial charge in [0.25, 0.3) is 0 Å². The Kier molecular flexibility index (Phi) is 4.18. The SMILES string of the molecule is CCCCCC(N)c1csc(=O)[nH]1. The van der Waals surface area contributed by atoms with Gasteiger partial charge < -0.3 is 10.7 Å². The molecule has 0 saturated heterocycles. The summed E-state index contributed by atoms with van der Waals surface area (Å²) in [5.41, 5.74) is 6.77. The van der Waals surface area contributed by atoms with Gasteiger partial charge in [0.15, 0.2) is 0 Å². The normalized spacial score (nSPS) is 13.1. The molecule has 0 saturated carbocycles. The van der Waals surface area contributed by atoms with E-state index in [9.17, 15) is 4.79 Å². The third kappa shape index (κ3) is 3.32. The average molecular weight is 200 g/mol. The first-order chi connectivity index (χ1) is 6.24. The van der Waals surface area contributed by atoms with Gasteiger partial charge in [0.2, 0.25) is 0 Å². The van der Waals surface area contributed by atoms with Gasteiger partial charge in [-0.3, -0.25) is 4.79 Å². The third-order valence-corrected chi connectivity index (χ3v) is 2.75. The molecule has 3 N–H and O–H groups in total. The van der Waals surface area contributed by atoms with Crippen LogP contribution in [-0.2, 0) is 0 Å². The standard InChI is InChI=1S/C9H16N2OS/c1-2-3-4-5-7(10)8-6-13-9(12)11-8/h6-7H,2-5,10H2,1H3,(H,11,12). The Labute approximate surface area is 82.0 Å². The Hall–Kier alpha value is -0.610. The number of H-pyrrole nitrogens is 1. The maximum Gasteiger partial charge on any atom is 0.304 e. The van der Waals surface area contributed by atoms with Crippen LogP contribution in [0, 0.1) is 0 Å². The number of unbranched alkanes of at least 4 members (excludes halogenated alkanes) is 2. The van der Waals surface area contributed by atoms with Crippen LogP contribution in [-0.4, -0.2) is 4.98 Å². The highest BCUT2D eigenvalue weighted by Gasteiger charge is 2.06. The molecule has 0 amide bonds. The molecule has 0 aliphatic carbocycles. The highest BCUT2D eigenvalue weighted by molar-refractivity contribution is 7.07. The van der Waals surface area contributed by atoms with Gasteiger partial charge in [-0.15, -0.1) is 0 Å². The number of aromatic nitrogens is 1. The van der Waals surface area contributed by atoms with Gasteiger partial charge in [-0.2, -0.15) is 0 Å². The molecule has 0 aliphatic rings. The lowest BCUT2D eigenvalue weighted by molar-refractivity contribution is 0.572. The number of nitrogens with two attached hydrogens (primary N) is 1. The van der Waals surface area contributed by atoms with Crippen molar-refractivity contribution in [1.29, 1.82) is 0 Å². The predicted molar refractivity (Wildman–Crippen MR) is 56.0 cm³/mol. The smallest absolute Gasteiger partial charge is 0.304 e. The Morgan fingerprint density at radius 1 is 1.62 bits per heavy atom. The van der Waals surface area contributed by atoms with E-state index in [0.717, 1.165) is 18.5 Å². The highest BCUT2D eigenvalue weighted by atomic mass is 32.1. The number of nitrogens with one attached hydrogen (secondary N) is 1. The molecule has 1 heterocycles. The number of hydrogen-bond acceptors (Lipinski definition) is 3. The van der Waals surface area contributed by atoms with E-state index in [1.165, 1.54) is 24.2 Å². The summed E-state index contributed by atoms with van der Waals surface area (Å²) in [6, 6.07) is 0.00509. The fourth-order valence-electron chi connectivity index (χ4n) is 1.24. The summed E-state index contributed by atoms with van der Waals surface area (Å²) < 4.78 is 0. The molecular weight excluding hydrogens is 184 g/mol. The van der Waals surface area contributed by atoms with Crippen LogP contribution in [0.5, 0.6) is 0 Å². The van der Waals surface area contributed by atoms with Crippen LogP contribution in [0.15, 0.2) is 10.2 Å². The Morgan fingerprint density at radius 3 is 2.92 bits per heavy atom. The molecule has 1 rings (SSSR count). The number of rotatable bonds is 5. The van der Waals surface area contributed by atoms with Gasteiger partial charge >= 0.3 is 4.87 Å². The van der Waals surface area contributed by atoms with E-state index >= 15 is 0 Å². The van der Waals surface area contributed by atoms with Crippen molar-refractivity contribution in [2.45, 2.75) is 38.6 Å². The Morgan fingerprint density at radius 2 is 2.38 bits per heavy atom. The monoisotopic (exact) mass is 200 g/mol. The van der Waals surface area contributed by atoms with Crippen LogP contribution in [0.3, 0.4) is 0 Å². The van der Waals surface area contributed by atoms with Gasteiger partial charge in [-0.25, -0.2) is 0 Å². The van der Waals surface area contributed by atoms with Crippen LogP contribution >= 0.6 is 11.3 Å². The van der Waals surface area contributed by atoms with Gasteiger partial charge in [0.05, 0.1) is 0 Å². The highest BCUT2D eigenvalue weighted by Crippen LogP contribution is 2.15. The molecule has 0 spiro atoms. The second-order valence-electron chi connectivity index (χ2n) is 3.21. The topological polar surface area (TPSA) is 58.9 Å². The lowest BCUT2D eigenvalue weighted by Gasteiger charge is -2.07. The lowest BCUT2D eigenvalue weighted by atomic mass is 10.1. The van der Waals surface area contributed by atoms with E-state index in [-0.39, 0.29) is 10.9 Å². The molecule has 1 atom stereocenters. The quantitative estimate of drug-likeness (QED) is 0.714. The van der Waals surface area contributed by atoms with E-state index in [2.05, 4.69) is 11.9 Å². The molecular formula is C9H16N2OS. The zero-order valence-corrected chi connectivity index (χ0v) is 8.69. The fourth-order valence-corrected chi connectivity index (χ4v) is 1.89. The summed E-state index contributed by atoms with van der Waals surface area (Å²) in [7, 11) is 0. The van der Waals surface area contributed by atoms with E-state index in [0.29, 0.717) is 0 Å². The van der Waals surface area contributed by atoms with Crippen LogP contribution in [0.4, 0.5) is 0 Å². The van der Waals surface area contributed by atoms with Crippen molar-refractivity contribution in [2.24, 2.45) is 5.73 Å². The van der Waals surface area contributed by atoms with Crippen molar-refractivity contribution in [3.05, 3.63) is 20.7 Å². The summed E-state index contributed by atoms with van der Waals surface area (Å²) in [5, 5.41) is 1.82. The molecule has 0 aliphatic heterocycles. The largest absolute Gasteiger partial charge is 0.323 e. The number of hydrogen-bond donors (Lipinski definition) is 2. The van der Waals surface area contributed by atoms with Crippen molar-refractivity contribution < 1.29 is 0 Å². The zero-order chi connectivity index (χ0) is 9.68. The molecule has 1 aromatic heterocycles. The van der Waals surface area contributed by atoms with Gasteiger partial charge in [0.1, 0.15) is 0 Å². The fraction of sp³-hybridized carbons (Fsp3) is 0.667. The van der Waals surface area contributed by atoms with Crippen LogP contribution in [0.1, 0.15) is 44.3 Å². The first-order valence-corrected chi connectivity index (χ1v) is 5.55. The minimum absolute atomic E-state index is 0.00509. The van der Waals surface area contributed by atoms with Crippen molar-refractivity contribution in [3.8, 4) is 0 Å². The van der Waals surface area contributed by atoms with E-state index in [1.807, 2.05) is 5.38 Å². The van der Waals surface area contributed by atoms with Crippen molar-refractivity contribution in [1.82, 2.24) is 4.98 Å². The average Bonchev–Trinajstić information content (AvgIpc) is 2.52. The van der Waals surface area contributed by atoms with Crippen LogP contribution in [0.2, 0.25) is 0 Å². The summed E-state index contributed by atoms with van der Waals surface area (Å²) in [5.74, 6) is 0. The second-order valence-corrected chi connectivity index (χ2v) is 4.05. The van der Waals surface area contributed by atoms with Crippen molar-refractivity contribution >= 4 is 11.3 Å². The van der Waals surface area contributed by atoms with Crippen LogP contribution in [0.25, 0.3) is 0 Å². The van der Waals surface area contributed by atoms with Crippen LogP contribution < -0.4 is 10.6 Å². The molecule has 4 heteroatoms. The summed E-state index contributed by atoms with van der Waals surface area (Å²) in [6.07, 6.45) is 4.50. The Bertz CT molecular complexity index is 292. The maximum atomic E-state index is 10.8. The maximum absolute atomic E-state index is 10.8. The Balaban J connectivity index is 2.39. The predicted octanol–water partition coefficient (Wildman–Crippen LogP) is 2.02. The zero-order valence-electron chi connectivity index (χ0n) is 7.88. The van der Waals surface area contributed by atoms with E-state index < -0.39 is 0 Å². The molecule has 1 unspecified atom stereocenters. The summed E-state index contributed by atoms with van der Waals surface area (Å²) in [4.78, 5) is 13.6. The van der Waals surface area contributed by atoms with E-state index in [1.54, 1.807) is 0 Å².